The van der Waals surface area contributed by atoms with Crippen LogP contribution >= 0.6 is 11.3 Å². The molecule has 1 atom stereocenters. The first kappa shape index (κ1) is 19.4. The number of rotatable bonds is 6. The lowest BCUT2D eigenvalue weighted by Gasteiger charge is -2.18. The molecule has 0 unspecified atom stereocenters. The van der Waals surface area contributed by atoms with E-state index in [0.717, 1.165) is 4.88 Å². The molecule has 8 heteroatoms. The van der Waals surface area contributed by atoms with E-state index in [1.54, 1.807) is 4.90 Å². The standard InChI is InChI=1S/C17H25N3O4S/c1-9(2)7-20-8-11(6-12(20)21)15(22)19-17-18-13(16(23)24-5)14(25-17)10(3)4/h9-11H,6-8H2,1-5H3,(H,18,19,22)/t11-/m1/s1. The molecule has 1 N–H and O–H groups in total. The van der Waals surface area contributed by atoms with Gasteiger partial charge >= 0.3 is 5.97 Å². The fourth-order valence-electron chi connectivity index (χ4n) is 2.79. The maximum absolute atomic E-state index is 12.5. The normalized spacial score (nSPS) is 17.5. The molecule has 1 fully saturated rings. The average molecular weight is 367 g/mol. The fraction of sp³-hybridized carbons (Fsp3) is 0.647. The quantitative estimate of drug-likeness (QED) is 0.781. The van der Waals surface area contributed by atoms with Crippen molar-refractivity contribution in [2.45, 2.75) is 40.0 Å². The number of esters is 1. The van der Waals surface area contributed by atoms with Gasteiger partial charge in [-0.25, -0.2) is 9.78 Å². The number of nitrogens with one attached hydrogen (secondary N) is 1. The van der Waals surface area contributed by atoms with E-state index in [2.05, 4.69) is 10.3 Å². The van der Waals surface area contributed by atoms with Gasteiger partial charge in [-0.1, -0.05) is 27.7 Å². The van der Waals surface area contributed by atoms with Crippen LogP contribution in [0.3, 0.4) is 0 Å². The topological polar surface area (TPSA) is 88.6 Å². The summed E-state index contributed by atoms with van der Waals surface area (Å²) in [5.74, 6) is -0.683. The number of thiazole rings is 1. The third-order valence-electron chi connectivity index (χ3n) is 3.96. The second-order valence-corrected chi connectivity index (χ2v) is 7.99. The highest BCUT2D eigenvalue weighted by molar-refractivity contribution is 7.16. The summed E-state index contributed by atoms with van der Waals surface area (Å²) in [4.78, 5) is 43.1. The van der Waals surface area contributed by atoms with Gasteiger partial charge in [0.05, 0.1) is 13.0 Å². The summed E-state index contributed by atoms with van der Waals surface area (Å²) in [6.07, 6.45) is 0.213. The highest BCUT2D eigenvalue weighted by atomic mass is 32.1. The summed E-state index contributed by atoms with van der Waals surface area (Å²) in [6.45, 7) is 9.06. The minimum atomic E-state index is -0.514. The van der Waals surface area contributed by atoms with Gasteiger partial charge in [0.2, 0.25) is 11.8 Å². The Balaban J connectivity index is 2.08. The van der Waals surface area contributed by atoms with E-state index >= 15 is 0 Å². The van der Waals surface area contributed by atoms with Crippen molar-refractivity contribution in [3.05, 3.63) is 10.6 Å². The summed E-state index contributed by atoms with van der Waals surface area (Å²) >= 11 is 1.27. The molecule has 0 saturated carbocycles. The van der Waals surface area contributed by atoms with Crippen molar-refractivity contribution in [3.8, 4) is 0 Å². The van der Waals surface area contributed by atoms with Gasteiger partial charge < -0.3 is 15.0 Å². The highest BCUT2D eigenvalue weighted by Gasteiger charge is 2.35. The van der Waals surface area contributed by atoms with Gasteiger partial charge in [0.1, 0.15) is 0 Å². The molecule has 1 aliphatic heterocycles. The van der Waals surface area contributed by atoms with Crippen LogP contribution in [0.4, 0.5) is 5.13 Å². The van der Waals surface area contributed by atoms with Crippen LogP contribution in [0.25, 0.3) is 0 Å². The lowest BCUT2D eigenvalue weighted by Crippen LogP contribution is -2.31. The van der Waals surface area contributed by atoms with E-state index in [0.29, 0.717) is 24.1 Å². The largest absolute Gasteiger partial charge is 0.464 e. The summed E-state index contributed by atoms with van der Waals surface area (Å²) in [5.41, 5.74) is 0.238. The molecule has 2 rings (SSSR count). The third kappa shape index (κ3) is 4.56. The number of amides is 2. The SMILES string of the molecule is COC(=O)c1nc(NC(=O)[C@@H]2CC(=O)N(CC(C)C)C2)sc1C(C)C. The molecule has 1 saturated heterocycles. The zero-order valence-corrected chi connectivity index (χ0v) is 16.1. The van der Waals surface area contributed by atoms with Crippen LogP contribution in [0.1, 0.15) is 55.4 Å². The highest BCUT2D eigenvalue weighted by Crippen LogP contribution is 2.31. The van der Waals surface area contributed by atoms with Crippen LogP contribution in [0, 0.1) is 11.8 Å². The van der Waals surface area contributed by atoms with Crippen LogP contribution < -0.4 is 5.32 Å². The molecule has 0 aromatic carbocycles. The van der Waals surface area contributed by atoms with Crippen LogP contribution in [-0.2, 0) is 14.3 Å². The zero-order chi connectivity index (χ0) is 18.7. The summed E-state index contributed by atoms with van der Waals surface area (Å²) in [7, 11) is 1.30. The van der Waals surface area contributed by atoms with Crippen molar-refractivity contribution in [1.29, 1.82) is 0 Å². The average Bonchev–Trinajstić information content (AvgIpc) is 3.10. The maximum Gasteiger partial charge on any atom is 0.357 e. The van der Waals surface area contributed by atoms with Crippen LogP contribution in [0.5, 0.6) is 0 Å². The Bertz CT molecular complexity index is 669. The summed E-state index contributed by atoms with van der Waals surface area (Å²) in [5, 5.41) is 3.12. The molecule has 0 aliphatic carbocycles. The van der Waals surface area contributed by atoms with Gasteiger partial charge in [0.25, 0.3) is 0 Å². The molecule has 1 aromatic rings. The molecule has 0 spiro atoms. The van der Waals surface area contributed by atoms with E-state index in [-0.39, 0.29) is 35.8 Å². The van der Waals surface area contributed by atoms with Gasteiger partial charge in [-0.3, -0.25) is 9.59 Å². The molecule has 2 amide bonds. The first-order chi connectivity index (χ1) is 11.7. The van der Waals surface area contributed by atoms with E-state index in [1.807, 2.05) is 27.7 Å². The van der Waals surface area contributed by atoms with E-state index in [4.69, 9.17) is 4.74 Å². The molecule has 138 valence electrons. The predicted molar refractivity (Wildman–Crippen MR) is 95.7 cm³/mol. The second kappa shape index (κ2) is 7.95. The number of hydrogen-bond donors (Lipinski definition) is 1. The van der Waals surface area contributed by atoms with Crippen molar-refractivity contribution >= 4 is 34.3 Å². The fourth-order valence-corrected chi connectivity index (χ4v) is 3.75. The molecule has 1 aliphatic rings. The smallest absolute Gasteiger partial charge is 0.357 e. The first-order valence-corrected chi connectivity index (χ1v) is 9.22. The minimum absolute atomic E-state index is 0.00566. The zero-order valence-electron chi connectivity index (χ0n) is 15.3. The van der Waals surface area contributed by atoms with Gasteiger partial charge in [0.15, 0.2) is 10.8 Å². The minimum Gasteiger partial charge on any atom is -0.464 e. The number of carbonyl (C=O) groups excluding carboxylic acids is 3. The van der Waals surface area contributed by atoms with E-state index in [1.165, 1.54) is 18.4 Å². The number of likely N-dealkylation sites (tertiary alicyclic amines) is 1. The number of hydrogen-bond acceptors (Lipinski definition) is 6. The number of methoxy groups -OCH3 is 1. The Morgan fingerprint density at radius 2 is 2.04 bits per heavy atom. The van der Waals surface area contributed by atoms with Crippen molar-refractivity contribution in [2.24, 2.45) is 11.8 Å². The predicted octanol–water partition coefficient (Wildman–Crippen LogP) is 2.50. The summed E-state index contributed by atoms with van der Waals surface area (Å²) in [6, 6.07) is 0. The van der Waals surface area contributed by atoms with Crippen molar-refractivity contribution in [1.82, 2.24) is 9.88 Å². The third-order valence-corrected chi connectivity index (χ3v) is 5.23. The Morgan fingerprint density at radius 3 is 2.60 bits per heavy atom. The summed E-state index contributed by atoms with van der Waals surface area (Å²) < 4.78 is 4.75. The van der Waals surface area contributed by atoms with Gasteiger partial charge in [-0.05, 0) is 11.8 Å². The second-order valence-electron chi connectivity index (χ2n) is 6.96. The Kier molecular flexibility index (Phi) is 6.16. The van der Waals surface area contributed by atoms with Crippen LogP contribution in [-0.4, -0.2) is 47.9 Å². The van der Waals surface area contributed by atoms with E-state index < -0.39 is 5.97 Å². The van der Waals surface area contributed by atoms with Crippen LogP contribution in [0.15, 0.2) is 0 Å². The number of ether oxygens (including phenoxy) is 1. The Morgan fingerprint density at radius 1 is 1.36 bits per heavy atom. The van der Waals surface area contributed by atoms with Crippen molar-refractivity contribution in [2.75, 3.05) is 25.5 Å². The van der Waals surface area contributed by atoms with Gasteiger partial charge in [0, 0.05) is 24.4 Å². The Hall–Kier alpha value is -1.96. The molecule has 25 heavy (non-hydrogen) atoms. The molecule has 2 heterocycles. The van der Waals surface area contributed by atoms with Gasteiger partial charge in [-0.15, -0.1) is 11.3 Å². The number of carbonyl (C=O) groups is 3. The van der Waals surface area contributed by atoms with Gasteiger partial charge in [-0.2, -0.15) is 0 Å². The van der Waals surface area contributed by atoms with E-state index in [9.17, 15) is 14.4 Å². The molecule has 0 radical (unpaired) electrons. The number of nitrogens with zero attached hydrogens (tertiary/aromatic N) is 2. The monoisotopic (exact) mass is 367 g/mol. The number of anilines is 1. The first-order valence-electron chi connectivity index (χ1n) is 8.40. The lowest BCUT2D eigenvalue weighted by atomic mass is 10.1. The maximum atomic E-state index is 12.5. The molecular weight excluding hydrogens is 342 g/mol. The Labute approximate surface area is 151 Å². The molecule has 0 bridgehead atoms. The molecule has 1 aromatic heterocycles. The number of aromatic nitrogens is 1. The van der Waals surface area contributed by atoms with Crippen molar-refractivity contribution < 1.29 is 19.1 Å². The lowest BCUT2D eigenvalue weighted by molar-refractivity contribution is -0.128. The van der Waals surface area contributed by atoms with Crippen LogP contribution in [0.2, 0.25) is 0 Å². The molecule has 7 nitrogen and oxygen atoms in total. The van der Waals surface area contributed by atoms with Crippen molar-refractivity contribution in [3.63, 3.8) is 0 Å². The molecular formula is C17H25N3O4S.